The molecule has 0 saturated carbocycles. The van der Waals surface area contributed by atoms with Crippen LogP contribution in [0.4, 0.5) is 11.6 Å². The molecule has 2 heterocycles. The van der Waals surface area contributed by atoms with Crippen LogP contribution in [0.15, 0.2) is 75.3 Å². The van der Waals surface area contributed by atoms with E-state index >= 15 is 0 Å². The number of rotatable bonds is 6. The van der Waals surface area contributed by atoms with Crippen molar-refractivity contribution in [3.05, 3.63) is 76.9 Å². The average Bonchev–Trinajstić information content (AvgIpc) is 3.01. The highest BCUT2D eigenvalue weighted by atomic mass is 79.9. The van der Waals surface area contributed by atoms with Crippen molar-refractivity contribution in [2.24, 2.45) is 0 Å². The molecule has 0 radical (unpaired) electrons. The van der Waals surface area contributed by atoms with Crippen LogP contribution < -0.4 is 16.9 Å². The summed E-state index contributed by atoms with van der Waals surface area (Å²) in [5, 5.41) is 17.4. The van der Waals surface area contributed by atoms with Gasteiger partial charge in [-0.25, -0.2) is 46.4 Å². The lowest BCUT2D eigenvalue weighted by atomic mass is 9.81. The van der Waals surface area contributed by atoms with Crippen LogP contribution in [0.5, 0.6) is 0 Å². The summed E-state index contributed by atoms with van der Waals surface area (Å²) in [5.74, 6) is -1.25. The van der Waals surface area contributed by atoms with Crippen molar-refractivity contribution in [3.63, 3.8) is 0 Å². The number of sulfone groups is 2. The van der Waals surface area contributed by atoms with Crippen LogP contribution in [0.1, 0.15) is 21.0 Å². The van der Waals surface area contributed by atoms with E-state index in [1.807, 2.05) is 0 Å². The molecular formula is C26H28BBrN6O10S2. The van der Waals surface area contributed by atoms with Crippen LogP contribution in [0.3, 0.4) is 0 Å². The van der Waals surface area contributed by atoms with Crippen LogP contribution in [0.2, 0.25) is 0 Å². The summed E-state index contributed by atoms with van der Waals surface area (Å²) in [5.41, 5.74) is 12.2. The molecule has 4 aromatic rings. The van der Waals surface area contributed by atoms with Crippen molar-refractivity contribution in [2.75, 3.05) is 38.2 Å². The van der Waals surface area contributed by atoms with E-state index < -0.39 is 38.7 Å². The summed E-state index contributed by atoms with van der Waals surface area (Å²) in [6.07, 6.45) is 5.02. The van der Waals surface area contributed by atoms with Gasteiger partial charge in [0.05, 0.1) is 42.1 Å². The number of hydrogen-bond acceptors (Lipinski definition) is 16. The van der Waals surface area contributed by atoms with Gasteiger partial charge in [-0.15, -0.1) is 0 Å². The lowest BCUT2D eigenvalue weighted by molar-refractivity contribution is 0.0586. The molecule has 20 heteroatoms. The zero-order chi connectivity index (χ0) is 34.8. The second-order valence-electron chi connectivity index (χ2n) is 8.91. The number of esters is 2. The lowest BCUT2D eigenvalue weighted by Gasteiger charge is -2.06. The molecule has 2 aromatic heterocycles. The Labute approximate surface area is 273 Å². The van der Waals surface area contributed by atoms with Gasteiger partial charge in [0.2, 0.25) is 0 Å². The van der Waals surface area contributed by atoms with Crippen LogP contribution >= 0.6 is 15.9 Å². The number of nitrogen functional groups attached to an aromatic ring is 2. The molecule has 6 N–H and O–H groups in total. The summed E-state index contributed by atoms with van der Waals surface area (Å²) in [6.45, 7) is 0. The van der Waals surface area contributed by atoms with Gasteiger partial charge in [-0.2, -0.15) is 0 Å². The Morgan fingerprint density at radius 2 is 1.15 bits per heavy atom. The Balaban J connectivity index is 0.000000255. The zero-order valence-electron chi connectivity index (χ0n) is 24.6. The first kappa shape index (κ1) is 37.7. The molecule has 0 aliphatic carbocycles. The van der Waals surface area contributed by atoms with E-state index in [4.69, 9.17) is 21.5 Å². The summed E-state index contributed by atoms with van der Waals surface area (Å²) < 4.78 is 54.2. The van der Waals surface area contributed by atoms with Crippen LogP contribution in [-0.4, -0.2) is 92.6 Å². The number of methoxy groups -OCH3 is 2. The average molecular weight is 739 g/mol. The fraction of sp³-hybridized carbons (Fsp3) is 0.154. The Morgan fingerprint density at radius 1 is 0.739 bits per heavy atom. The molecule has 4 rings (SSSR count). The van der Waals surface area contributed by atoms with Crippen LogP contribution in [0, 0.1) is 0 Å². The molecule has 0 atom stereocenters. The fourth-order valence-electron chi connectivity index (χ4n) is 3.17. The van der Waals surface area contributed by atoms with Gasteiger partial charge in [0.25, 0.3) is 0 Å². The largest absolute Gasteiger partial charge is 0.488 e. The zero-order valence-corrected chi connectivity index (χ0v) is 27.9. The van der Waals surface area contributed by atoms with E-state index in [0.717, 1.165) is 12.5 Å². The Bertz CT molecular complexity index is 1910. The second-order valence-corrected chi connectivity index (χ2v) is 13.8. The predicted molar refractivity (Wildman–Crippen MR) is 171 cm³/mol. The summed E-state index contributed by atoms with van der Waals surface area (Å²) in [4.78, 5) is 38.3. The van der Waals surface area contributed by atoms with Gasteiger partial charge in [0.1, 0.15) is 4.60 Å². The van der Waals surface area contributed by atoms with Gasteiger partial charge in [-0.1, -0.05) is 24.3 Å². The van der Waals surface area contributed by atoms with E-state index in [-0.39, 0.29) is 38.3 Å². The van der Waals surface area contributed by atoms with Gasteiger partial charge < -0.3 is 31.0 Å². The van der Waals surface area contributed by atoms with Gasteiger partial charge in [0.15, 0.2) is 42.7 Å². The maximum atomic E-state index is 11.5. The standard InChI is InChI=1S/C13H13N3O4S.C7H9BO4S.C6H6BrN3O2/c1-20-13(17)11-12(14)15-7-10(16-11)8-3-5-9(6-4-8)21(2,18)19;1-13(11,12)7-4-2-6(3-5-7)8(9)10;1-12-6(11)4-5(8)9-2-3(7)10-4/h3-7H,1-2H3,(H2,14,15);2-5,9-10H,1H3;2H,1H3,(H2,8,9). The number of carbonyl (C=O) groups excluding carboxylic acids is 2. The van der Waals surface area contributed by atoms with Crippen molar-refractivity contribution in [1.82, 2.24) is 19.9 Å². The first-order valence-electron chi connectivity index (χ1n) is 12.4. The number of carbonyl (C=O) groups is 2. The number of aromatic nitrogens is 4. The third kappa shape index (κ3) is 10.8. The molecule has 16 nitrogen and oxygen atoms in total. The minimum Gasteiger partial charge on any atom is -0.464 e. The first-order valence-corrected chi connectivity index (χ1v) is 17.0. The molecule has 0 unspecified atom stereocenters. The number of hydrogen-bond donors (Lipinski definition) is 4. The molecule has 244 valence electrons. The summed E-state index contributed by atoms with van der Waals surface area (Å²) >= 11 is 3.06. The quantitative estimate of drug-likeness (QED) is 0.153. The molecular weight excluding hydrogens is 711 g/mol. The lowest BCUT2D eigenvalue weighted by Crippen LogP contribution is -2.29. The third-order valence-corrected chi connectivity index (χ3v) is 8.15. The predicted octanol–water partition coefficient (Wildman–Crippen LogP) is 0.294. The van der Waals surface area contributed by atoms with E-state index in [2.05, 4.69) is 45.3 Å². The van der Waals surface area contributed by atoms with Crippen LogP contribution in [-0.2, 0) is 29.1 Å². The Hall–Kier alpha value is -4.50. The fourth-order valence-corrected chi connectivity index (χ4v) is 4.71. The number of benzene rings is 2. The normalized spacial score (nSPS) is 10.8. The maximum absolute atomic E-state index is 11.5. The molecule has 0 aliphatic rings. The van der Waals surface area contributed by atoms with E-state index in [1.165, 1.54) is 63.0 Å². The van der Waals surface area contributed by atoms with Crippen molar-refractivity contribution in [3.8, 4) is 11.3 Å². The van der Waals surface area contributed by atoms with Gasteiger partial charge in [-0.3, -0.25) is 0 Å². The maximum Gasteiger partial charge on any atom is 0.488 e. The highest BCUT2D eigenvalue weighted by Gasteiger charge is 2.16. The molecule has 2 aromatic carbocycles. The minimum atomic E-state index is -3.26. The van der Waals surface area contributed by atoms with Gasteiger partial charge in [0, 0.05) is 18.1 Å². The molecule has 0 amide bonds. The van der Waals surface area contributed by atoms with Crippen molar-refractivity contribution >= 4 is 71.8 Å². The van der Waals surface area contributed by atoms with E-state index in [9.17, 15) is 26.4 Å². The summed E-state index contributed by atoms with van der Waals surface area (Å²) in [7, 11) is -5.56. The molecule has 0 spiro atoms. The number of ether oxygens (including phenoxy) is 2. The smallest absolute Gasteiger partial charge is 0.464 e. The molecule has 46 heavy (non-hydrogen) atoms. The highest BCUT2D eigenvalue weighted by Crippen LogP contribution is 2.21. The van der Waals surface area contributed by atoms with E-state index in [1.54, 1.807) is 12.1 Å². The Morgan fingerprint density at radius 3 is 1.57 bits per heavy atom. The van der Waals surface area contributed by atoms with Crippen LogP contribution in [0.25, 0.3) is 11.3 Å². The topological polar surface area (TPSA) is 265 Å². The molecule has 0 saturated heterocycles. The summed E-state index contributed by atoms with van der Waals surface area (Å²) in [6, 6.07) is 11.5. The number of anilines is 2. The highest BCUT2D eigenvalue weighted by molar-refractivity contribution is 9.10. The number of nitrogens with zero attached hydrogens (tertiary/aromatic N) is 4. The minimum absolute atomic E-state index is 0.0203. The SMILES string of the molecule is COC(=O)c1nc(-c2ccc(S(C)(=O)=O)cc2)cnc1N.COC(=O)c1nc(Br)cnc1N.CS(=O)(=O)c1ccc(B(O)O)cc1. The third-order valence-electron chi connectivity index (χ3n) is 5.51. The van der Waals surface area contributed by atoms with Crippen molar-refractivity contribution in [2.45, 2.75) is 9.79 Å². The van der Waals surface area contributed by atoms with Crippen molar-refractivity contribution in [1.29, 1.82) is 0 Å². The Kier molecular flexibility index (Phi) is 13.3. The number of nitrogens with two attached hydrogens (primary N) is 2. The number of halogens is 1. The first-order chi connectivity index (χ1) is 21.4. The molecule has 0 aliphatic heterocycles. The molecule has 0 bridgehead atoms. The van der Waals surface area contributed by atoms with E-state index in [0.29, 0.717) is 15.9 Å². The van der Waals surface area contributed by atoms with Crippen molar-refractivity contribution < 1.29 is 45.9 Å². The monoisotopic (exact) mass is 738 g/mol. The molecule has 0 fully saturated rings. The van der Waals surface area contributed by atoms with Gasteiger partial charge >= 0.3 is 19.1 Å². The van der Waals surface area contributed by atoms with Gasteiger partial charge in [-0.05, 0) is 45.7 Å². The second kappa shape index (κ2) is 16.2.